The van der Waals surface area contributed by atoms with E-state index in [-0.39, 0.29) is 7.92 Å². The Morgan fingerprint density at radius 2 is 1.13 bits per heavy atom. The molecule has 4 rings (SSSR count). The van der Waals surface area contributed by atoms with Crippen LogP contribution in [-0.4, -0.2) is 5.16 Å². The lowest BCUT2D eigenvalue weighted by atomic mass is 9.88. The molecule has 0 spiro atoms. The highest BCUT2D eigenvalue weighted by Gasteiger charge is 2.48. The fraction of sp³-hybridized carbons (Fsp3) is 0.455. The third-order valence-electron chi connectivity index (χ3n) is 6.06. The van der Waals surface area contributed by atoms with Crippen LogP contribution in [0.1, 0.15) is 51.4 Å². The van der Waals surface area contributed by atoms with E-state index in [1.54, 1.807) is 10.6 Å². The quantitative estimate of drug-likeness (QED) is 0.641. The molecule has 0 bridgehead atoms. The monoisotopic (exact) mass is 322 g/mol. The Balaban J connectivity index is 1.83. The molecule has 0 atom stereocenters. The highest BCUT2D eigenvalue weighted by molar-refractivity contribution is 7.74. The molecule has 2 saturated carbocycles. The van der Waals surface area contributed by atoms with E-state index < -0.39 is 0 Å². The lowest BCUT2D eigenvalue weighted by molar-refractivity contribution is 0.385. The third-order valence-corrected chi connectivity index (χ3v) is 9.39. The average molecular weight is 322 g/mol. The highest BCUT2D eigenvalue weighted by atomic mass is 31.1. The molecule has 0 aromatic heterocycles. The average Bonchev–Trinajstić information content (AvgIpc) is 3.30. The topological polar surface area (TPSA) is 0 Å². The zero-order valence-electron chi connectivity index (χ0n) is 14.0. The number of rotatable bonds is 4. The van der Waals surface area contributed by atoms with Crippen molar-refractivity contribution < 1.29 is 0 Å². The van der Waals surface area contributed by atoms with Crippen molar-refractivity contribution in [2.45, 2.75) is 56.5 Å². The molecule has 23 heavy (non-hydrogen) atoms. The smallest absolute Gasteiger partial charge is 0.00139 e. The van der Waals surface area contributed by atoms with Crippen molar-refractivity contribution in [1.82, 2.24) is 0 Å². The second kappa shape index (κ2) is 6.78. The molecule has 0 amide bonds. The van der Waals surface area contributed by atoms with Crippen molar-refractivity contribution in [1.29, 1.82) is 0 Å². The van der Waals surface area contributed by atoms with Crippen LogP contribution in [0.4, 0.5) is 0 Å². The summed E-state index contributed by atoms with van der Waals surface area (Å²) in [6, 6.07) is 22.9. The summed E-state index contributed by atoms with van der Waals surface area (Å²) in [6.07, 6.45) is 11.6. The molecular formula is C22H27P. The van der Waals surface area contributed by atoms with E-state index in [0.29, 0.717) is 5.16 Å². The maximum absolute atomic E-state index is 2.40. The van der Waals surface area contributed by atoms with Crippen LogP contribution < -0.4 is 10.6 Å². The fourth-order valence-corrected chi connectivity index (χ4v) is 8.74. The summed E-state index contributed by atoms with van der Waals surface area (Å²) in [5.41, 5.74) is 0. The minimum absolute atomic E-state index is 0.247. The third kappa shape index (κ3) is 2.87. The van der Waals surface area contributed by atoms with E-state index >= 15 is 0 Å². The van der Waals surface area contributed by atoms with Gasteiger partial charge in [0.1, 0.15) is 0 Å². The first kappa shape index (κ1) is 15.4. The van der Waals surface area contributed by atoms with Gasteiger partial charge in [0, 0.05) is 5.16 Å². The van der Waals surface area contributed by atoms with Gasteiger partial charge >= 0.3 is 0 Å². The Kier molecular flexibility index (Phi) is 4.54. The minimum Gasteiger partial charge on any atom is -0.0622 e. The van der Waals surface area contributed by atoms with Crippen molar-refractivity contribution in [2.75, 3.05) is 0 Å². The summed E-state index contributed by atoms with van der Waals surface area (Å²) in [5.74, 6) is 0.955. The molecule has 0 nitrogen and oxygen atoms in total. The number of benzene rings is 2. The molecule has 1 heteroatoms. The van der Waals surface area contributed by atoms with Gasteiger partial charge in [-0.25, -0.2) is 0 Å². The van der Waals surface area contributed by atoms with Crippen LogP contribution >= 0.6 is 7.92 Å². The summed E-state index contributed by atoms with van der Waals surface area (Å²) in [7, 11) is -0.247. The molecule has 2 aliphatic rings. The molecule has 2 aliphatic carbocycles. The van der Waals surface area contributed by atoms with E-state index in [1.807, 2.05) is 0 Å². The molecule has 2 fully saturated rings. The van der Waals surface area contributed by atoms with Gasteiger partial charge in [0.2, 0.25) is 0 Å². The minimum atomic E-state index is -0.247. The molecule has 0 aliphatic heterocycles. The van der Waals surface area contributed by atoms with Crippen LogP contribution in [0.5, 0.6) is 0 Å². The van der Waals surface area contributed by atoms with E-state index in [0.717, 1.165) is 5.92 Å². The lowest BCUT2D eigenvalue weighted by Gasteiger charge is -2.43. The zero-order chi connectivity index (χ0) is 15.5. The standard InChI is InChI=1S/C22H27P/c1-3-13-20(14-4-1)23(21-15-5-2-6-16-21)22(17-9-10-18-22)19-11-7-8-12-19/h1-6,13-16,19H,7-12,17-18H2. The van der Waals surface area contributed by atoms with Crippen molar-refractivity contribution in [3.8, 4) is 0 Å². The van der Waals surface area contributed by atoms with Gasteiger partial charge in [-0.05, 0) is 50.1 Å². The molecule has 2 aromatic rings. The first-order valence-electron chi connectivity index (χ1n) is 9.30. The molecule has 0 saturated heterocycles. The predicted molar refractivity (Wildman–Crippen MR) is 102 cm³/mol. The SMILES string of the molecule is c1ccc(P(c2ccccc2)C2(C3CCCC3)CCCC2)cc1. The highest BCUT2D eigenvalue weighted by Crippen LogP contribution is 2.63. The van der Waals surface area contributed by atoms with Crippen molar-refractivity contribution in [3.05, 3.63) is 60.7 Å². The van der Waals surface area contributed by atoms with E-state index in [4.69, 9.17) is 0 Å². The van der Waals surface area contributed by atoms with E-state index in [2.05, 4.69) is 60.7 Å². The Morgan fingerprint density at radius 1 is 0.652 bits per heavy atom. The maximum atomic E-state index is 2.40. The largest absolute Gasteiger partial charge is 0.0622 e. The first-order chi connectivity index (χ1) is 11.4. The Morgan fingerprint density at radius 3 is 1.61 bits per heavy atom. The van der Waals surface area contributed by atoms with Crippen LogP contribution in [0.2, 0.25) is 0 Å². The van der Waals surface area contributed by atoms with Gasteiger partial charge < -0.3 is 0 Å². The second-order valence-electron chi connectivity index (χ2n) is 7.30. The Bertz CT molecular complexity index is 567. The van der Waals surface area contributed by atoms with Crippen LogP contribution in [0, 0.1) is 5.92 Å². The van der Waals surface area contributed by atoms with Gasteiger partial charge in [-0.2, -0.15) is 0 Å². The van der Waals surface area contributed by atoms with Gasteiger partial charge in [-0.3, -0.25) is 0 Å². The normalized spacial score (nSPS) is 21.1. The lowest BCUT2D eigenvalue weighted by Crippen LogP contribution is -2.38. The van der Waals surface area contributed by atoms with E-state index in [1.165, 1.54) is 51.4 Å². The molecule has 0 unspecified atom stereocenters. The Hall–Kier alpha value is -1.13. The van der Waals surface area contributed by atoms with Crippen LogP contribution in [0.15, 0.2) is 60.7 Å². The first-order valence-corrected chi connectivity index (χ1v) is 10.6. The maximum Gasteiger partial charge on any atom is 0.00139 e. The van der Waals surface area contributed by atoms with Gasteiger partial charge in [0.15, 0.2) is 0 Å². The van der Waals surface area contributed by atoms with Gasteiger partial charge in [-0.1, -0.05) is 86.3 Å². The van der Waals surface area contributed by atoms with Crippen LogP contribution in [-0.2, 0) is 0 Å². The molecular weight excluding hydrogens is 295 g/mol. The summed E-state index contributed by atoms with van der Waals surface area (Å²) in [5, 5.41) is 3.76. The van der Waals surface area contributed by atoms with Gasteiger partial charge in [0.25, 0.3) is 0 Å². The molecule has 0 N–H and O–H groups in total. The summed E-state index contributed by atoms with van der Waals surface area (Å²) >= 11 is 0. The van der Waals surface area contributed by atoms with E-state index in [9.17, 15) is 0 Å². The molecule has 0 heterocycles. The van der Waals surface area contributed by atoms with Crippen LogP contribution in [0.3, 0.4) is 0 Å². The fourth-order valence-electron chi connectivity index (χ4n) is 5.08. The van der Waals surface area contributed by atoms with Crippen molar-refractivity contribution >= 4 is 18.5 Å². The summed E-state index contributed by atoms with van der Waals surface area (Å²) in [6.45, 7) is 0. The van der Waals surface area contributed by atoms with Crippen molar-refractivity contribution in [3.63, 3.8) is 0 Å². The van der Waals surface area contributed by atoms with Crippen molar-refractivity contribution in [2.24, 2.45) is 5.92 Å². The Labute approximate surface area is 142 Å². The zero-order valence-corrected chi connectivity index (χ0v) is 14.8. The molecule has 0 radical (unpaired) electrons. The predicted octanol–water partition coefficient (Wildman–Crippen LogP) is 5.62. The van der Waals surface area contributed by atoms with Gasteiger partial charge in [0.05, 0.1) is 0 Å². The molecule has 2 aromatic carbocycles. The number of hydrogen-bond donors (Lipinski definition) is 0. The number of hydrogen-bond acceptors (Lipinski definition) is 0. The summed E-state index contributed by atoms with van der Waals surface area (Å²) in [4.78, 5) is 0. The van der Waals surface area contributed by atoms with Crippen LogP contribution in [0.25, 0.3) is 0 Å². The second-order valence-corrected chi connectivity index (χ2v) is 9.89. The summed E-state index contributed by atoms with van der Waals surface area (Å²) < 4.78 is 0. The molecule has 120 valence electrons. The van der Waals surface area contributed by atoms with Gasteiger partial charge in [-0.15, -0.1) is 0 Å².